The van der Waals surface area contributed by atoms with Gasteiger partial charge in [0.05, 0.1) is 6.10 Å². The summed E-state index contributed by atoms with van der Waals surface area (Å²) in [6.07, 6.45) is 1.42. The summed E-state index contributed by atoms with van der Waals surface area (Å²) in [5.41, 5.74) is 2.53. The first-order valence-corrected chi connectivity index (χ1v) is 6.50. The Morgan fingerprint density at radius 1 is 1.30 bits per heavy atom. The highest BCUT2D eigenvalue weighted by molar-refractivity contribution is 5.54. The van der Waals surface area contributed by atoms with E-state index in [1.54, 1.807) is 6.20 Å². The van der Waals surface area contributed by atoms with Crippen molar-refractivity contribution in [3.8, 4) is 0 Å². The third-order valence-corrected chi connectivity index (χ3v) is 3.03. The number of aromatic amines is 2. The minimum Gasteiger partial charge on any atom is -0.391 e. The number of nitrogens with one attached hydrogen (secondary N) is 3. The molecule has 1 heterocycles. The van der Waals surface area contributed by atoms with Gasteiger partial charge in [0.15, 0.2) is 0 Å². The van der Waals surface area contributed by atoms with E-state index in [0.717, 1.165) is 11.4 Å². The van der Waals surface area contributed by atoms with E-state index in [-0.39, 0.29) is 5.69 Å². The Balaban J connectivity index is 1.83. The topological polar surface area (TPSA) is 84.2 Å². The largest absolute Gasteiger partial charge is 0.391 e. The molecule has 20 heavy (non-hydrogen) atoms. The van der Waals surface area contributed by atoms with Crippen LogP contribution in [0.4, 0.5) is 11.4 Å². The highest BCUT2D eigenvalue weighted by Gasteiger charge is 2.07. The minimum atomic E-state index is -0.560. The van der Waals surface area contributed by atoms with Crippen molar-refractivity contribution < 1.29 is 5.11 Å². The van der Waals surface area contributed by atoms with Crippen molar-refractivity contribution >= 4 is 11.4 Å². The molecule has 0 fully saturated rings. The molecule has 6 heteroatoms. The monoisotopic (exact) mass is 276 g/mol. The van der Waals surface area contributed by atoms with Crippen molar-refractivity contribution in [3.05, 3.63) is 46.6 Å². The molecule has 0 spiro atoms. The van der Waals surface area contributed by atoms with E-state index in [1.807, 2.05) is 43.3 Å². The number of imidazole rings is 1. The average Bonchev–Trinajstić information content (AvgIpc) is 2.82. The van der Waals surface area contributed by atoms with Crippen molar-refractivity contribution in [2.75, 3.05) is 30.9 Å². The van der Waals surface area contributed by atoms with Gasteiger partial charge in [-0.15, -0.1) is 0 Å². The second kappa shape index (κ2) is 6.29. The molecule has 0 bridgehead atoms. The number of nitrogens with zero attached hydrogens (tertiary/aromatic N) is 1. The van der Waals surface area contributed by atoms with Gasteiger partial charge in [0, 0.05) is 50.3 Å². The highest BCUT2D eigenvalue weighted by Crippen LogP contribution is 2.15. The minimum absolute atomic E-state index is 0.251. The van der Waals surface area contributed by atoms with Gasteiger partial charge in [-0.1, -0.05) is 0 Å². The second-order valence-corrected chi connectivity index (χ2v) is 4.95. The van der Waals surface area contributed by atoms with Crippen LogP contribution < -0.4 is 15.9 Å². The molecule has 0 amide bonds. The summed E-state index contributed by atoms with van der Waals surface area (Å²) in [5, 5.41) is 13.1. The number of H-pyrrole nitrogens is 2. The van der Waals surface area contributed by atoms with Crippen LogP contribution in [-0.2, 0) is 6.42 Å². The predicted molar refractivity (Wildman–Crippen MR) is 80.4 cm³/mol. The Labute approximate surface area is 117 Å². The number of hydrogen-bond acceptors (Lipinski definition) is 4. The van der Waals surface area contributed by atoms with E-state index in [9.17, 15) is 9.90 Å². The van der Waals surface area contributed by atoms with Gasteiger partial charge in [-0.2, -0.15) is 0 Å². The zero-order chi connectivity index (χ0) is 14.5. The standard InChI is InChI=1S/C14H20N4O2/c1-18(2)12-5-3-10(4-6-12)15-9-13(19)7-11-8-16-14(20)17-11/h3-6,8,13,15,19H,7,9H2,1-2H3,(H2,16,17,20). The fourth-order valence-electron chi connectivity index (χ4n) is 1.92. The highest BCUT2D eigenvalue weighted by atomic mass is 16.3. The van der Waals surface area contributed by atoms with Crippen LogP contribution >= 0.6 is 0 Å². The maximum atomic E-state index is 10.9. The molecule has 0 aliphatic carbocycles. The number of benzene rings is 1. The van der Waals surface area contributed by atoms with E-state index in [0.29, 0.717) is 18.7 Å². The van der Waals surface area contributed by atoms with Crippen molar-refractivity contribution in [2.24, 2.45) is 0 Å². The zero-order valence-electron chi connectivity index (χ0n) is 11.7. The fourth-order valence-corrected chi connectivity index (χ4v) is 1.92. The number of aliphatic hydroxyl groups excluding tert-OH is 1. The van der Waals surface area contributed by atoms with Crippen LogP contribution in [0.15, 0.2) is 35.3 Å². The number of rotatable bonds is 6. The third kappa shape index (κ3) is 3.89. The van der Waals surface area contributed by atoms with Crippen LogP contribution in [0.5, 0.6) is 0 Å². The molecule has 1 unspecified atom stereocenters. The number of aliphatic hydroxyl groups is 1. The van der Waals surface area contributed by atoms with Gasteiger partial charge in [-0.25, -0.2) is 4.79 Å². The third-order valence-electron chi connectivity index (χ3n) is 3.03. The molecule has 1 atom stereocenters. The summed E-state index contributed by atoms with van der Waals surface area (Å²) in [6.45, 7) is 0.425. The van der Waals surface area contributed by atoms with E-state index in [1.165, 1.54) is 0 Å². The van der Waals surface area contributed by atoms with Crippen LogP contribution in [0.3, 0.4) is 0 Å². The first kappa shape index (κ1) is 14.2. The molecule has 1 aromatic carbocycles. The second-order valence-electron chi connectivity index (χ2n) is 4.95. The van der Waals surface area contributed by atoms with Crippen LogP contribution in [0, 0.1) is 0 Å². The van der Waals surface area contributed by atoms with Gasteiger partial charge in [-0.3, -0.25) is 0 Å². The lowest BCUT2D eigenvalue weighted by Crippen LogP contribution is -2.22. The summed E-state index contributed by atoms with van der Waals surface area (Å²) >= 11 is 0. The van der Waals surface area contributed by atoms with Gasteiger partial charge in [0.25, 0.3) is 0 Å². The number of anilines is 2. The Morgan fingerprint density at radius 3 is 2.55 bits per heavy atom. The Bertz CT molecular complexity index is 586. The zero-order valence-corrected chi connectivity index (χ0v) is 11.7. The van der Waals surface area contributed by atoms with Gasteiger partial charge in [0.2, 0.25) is 0 Å². The van der Waals surface area contributed by atoms with Crippen LogP contribution in [0.25, 0.3) is 0 Å². The van der Waals surface area contributed by atoms with E-state index < -0.39 is 6.10 Å². The van der Waals surface area contributed by atoms with Crippen molar-refractivity contribution in [2.45, 2.75) is 12.5 Å². The summed E-state index contributed by atoms with van der Waals surface area (Å²) in [7, 11) is 3.98. The van der Waals surface area contributed by atoms with E-state index >= 15 is 0 Å². The van der Waals surface area contributed by atoms with Crippen molar-refractivity contribution in [3.63, 3.8) is 0 Å². The molecular weight excluding hydrogens is 256 g/mol. The molecular formula is C14H20N4O2. The lowest BCUT2D eigenvalue weighted by molar-refractivity contribution is 0.187. The SMILES string of the molecule is CN(C)c1ccc(NCC(O)Cc2c[nH]c(=O)[nH]2)cc1. The molecule has 2 aromatic rings. The number of hydrogen-bond donors (Lipinski definition) is 4. The maximum absolute atomic E-state index is 10.9. The molecule has 108 valence electrons. The molecule has 0 aliphatic heterocycles. The summed E-state index contributed by atoms with van der Waals surface area (Å²) < 4.78 is 0. The summed E-state index contributed by atoms with van der Waals surface area (Å²) in [4.78, 5) is 18.1. The predicted octanol–water partition coefficient (Wildman–Crippen LogP) is 0.784. The smallest absolute Gasteiger partial charge is 0.323 e. The van der Waals surface area contributed by atoms with Gasteiger partial charge in [-0.05, 0) is 24.3 Å². The summed E-state index contributed by atoms with van der Waals surface area (Å²) in [6, 6.07) is 7.97. The number of aromatic nitrogens is 2. The molecule has 0 radical (unpaired) electrons. The van der Waals surface area contributed by atoms with Gasteiger partial charge in [0.1, 0.15) is 0 Å². The van der Waals surface area contributed by atoms with Gasteiger partial charge >= 0.3 is 5.69 Å². The molecule has 0 saturated carbocycles. The van der Waals surface area contributed by atoms with Gasteiger partial charge < -0.3 is 25.3 Å². The molecule has 0 aliphatic rings. The van der Waals surface area contributed by atoms with E-state index in [4.69, 9.17) is 0 Å². The van der Waals surface area contributed by atoms with E-state index in [2.05, 4.69) is 15.3 Å². The Morgan fingerprint density at radius 2 is 2.00 bits per heavy atom. The van der Waals surface area contributed by atoms with Crippen LogP contribution in [-0.4, -0.2) is 41.8 Å². The van der Waals surface area contributed by atoms with Crippen LogP contribution in [0.2, 0.25) is 0 Å². The first-order valence-electron chi connectivity index (χ1n) is 6.50. The maximum Gasteiger partial charge on any atom is 0.323 e. The first-order chi connectivity index (χ1) is 9.54. The quantitative estimate of drug-likeness (QED) is 0.628. The Kier molecular flexibility index (Phi) is 4.47. The fraction of sp³-hybridized carbons (Fsp3) is 0.357. The lowest BCUT2D eigenvalue weighted by Gasteiger charge is -2.15. The molecule has 6 nitrogen and oxygen atoms in total. The Hall–Kier alpha value is -2.21. The van der Waals surface area contributed by atoms with Crippen molar-refractivity contribution in [1.82, 2.24) is 9.97 Å². The molecule has 4 N–H and O–H groups in total. The van der Waals surface area contributed by atoms with Crippen molar-refractivity contribution in [1.29, 1.82) is 0 Å². The normalized spacial score (nSPS) is 12.2. The summed E-state index contributed by atoms with van der Waals surface area (Å²) in [5.74, 6) is 0. The van der Waals surface area contributed by atoms with Crippen LogP contribution in [0.1, 0.15) is 5.69 Å². The molecule has 0 saturated heterocycles. The molecule has 1 aromatic heterocycles. The molecule has 2 rings (SSSR count). The average molecular weight is 276 g/mol. The lowest BCUT2D eigenvalue weighted by atomic mass is 10.2.